The number of rotatable bonds is 4. The number of carbonyl (C=O) groups excluding carboxylic acids is 1. The Balaban J connectivity index is 1.47. The predicted octanol–water partition coefficient (Wildman–Crippen LogP) is 6.15. The van der Waals surface area contributed by atoms with Crippen LogP contribution in [0.5, 0.6) is 5.75 Å². The van der Waals surface area contributed by atoms with E-state index in [9.17, 15) is 4.79 Å². The number of nitrogens with zero attached hydrogens (tertiary/aromatic N) is 2. The van der Waals surface area contributed by atoms with Gasteiger partial charge in [0.25, 0.3) is 5.91 Å². The highest BCUT2D eigenvalue weighted by atomic mass is 32.2. The summed E-state index contributed by atoms with van der Waals surface area (Å²) in [7, 11) is 1.63. The van der Waals surface area contributed by atoms with Crippen molar-refractivity contribution in [3.8, 4) is 11.4 Å². The molecule has 3 aromatic carbocycles. The number of ether oxygens (including phenoxy) is 1. The average molecular weight is 454 g/mol. The predicted molar refractivity (Wildman–Crippen MR) is 137 cm³/mol. The summed E-state index contributed by atoms with van der Waals surface area (Å²) in [6, 6.07) is 24.3. The number of carbonyl (C=O) groups is 1. The second kappa shape index (κ2) is 8.64. The van der Waals surface area contributed by atoms with Crippen LogP contribution < -0.4 is 10.1 Å². The molecule has 1 aliphatic heterocycles. The lowest BCUT2D eigenvalue weighted by atomic mass is 10.1. The highest BCUT2D eigenvalue weighted by Gasteiger charge is 2.24. The van der Waals surface area contributed by atoms with E-state index < -0.39 is 0 Å². The van der Waals surface area contributed by atoms with Crippen molar-refractivity contribution < 1.29 is 9.53 Å². The van der Waals surface area contributed by atoms with E-state index >= 15 is 0 Å². The molecule has 0 bridgehead atoms. The van der Waals surface area contributed by atoms with Gasteiger partial charge in [-0.2, -0.15) is 0 Å². The van der Waals surface area contributed by atoms with Crippen LogP contribution >= 0.6 is 11.8 Å². The van der Waals surface area contributed by atoms with Gasteiger partial charge in [-0.3, -0.25) is 4.79 Å². The first-order chi connectivity index (χ1) is 16.0. The van der Waals surface area contributed by atoms with Crippen LogP contribution in [0.2, 0.25) is 0 Å². The Labute approximate surface area is 196 Å². The quantitative estimate of drug-likeness (QED) is 0.377. The third-order valence-electron chi connectivity index (χ3n) is 5.72. The summed E-state index contributed by atoms with van der Waals surface area (Å²) in [5.41, 5.74) is 5.12. The van der Waals surface area contributed by atoms with Crippen molar-refractivity contribution in [2.45, 2.75) is 13.8 Å². The number of aliphatic imine (C=N–C) groups is 1. The number of amides is 1. The van der Waals surface area contributed by atoms with Crippen molar-refractivity contribution in [1.29, 1.82) is 0 Å². The fourth-order valence-electron chi connectivity index (χ4n) is 4.10. The third kappa shape index (κ3) is 4.05. The maximum atomic E-state index is 12.6. The molecule has 1 amide bonds. The summed E-state index contributed by atoms with van der Waals surface area (Å²) >= 11 is 1.35. The number of aryl methyl sites for hydroxylation is 1. The van der Waals surface area contributed by atoms with Gasteiger partial charge in [0.2, 0.25) is 0 Å². The zero-order valence-corrected chi connectivity index (χ0v) is 19.4. The van der Waals surface area contributed by atoms with Gasteiger partial charge in [0.1, 0.15) is 5.75 Å². The van der Waals surface area contributed by atoms with Gasteiger partial charge >= 0.3 is 0 Å². The SMILES string of the molecule is COc1ccc(N=C2NC(=O)C(=Cc3cc(C)n(-c4cccc5ccccc45)c3C)S2)cc1. The zero-order valence-electron chi connectivity index (χ0n) is 18.6. The molecule has 1 N–H and O–H groups in total. The number of nitrogens with one attached hydrogen (secondary N) is 1. The smallest absolute Gasteiger partial charge is 0.264 e. The van der Waals surface area contributed by atoms with Crippen molar-refractivity contribution in [3.63, 3.8) is 0 Å². The Morgan fingerprint density at radius 3 is 2.55 bits per heavy atom. The van der Waals surface area contributed by atoms with Crippen LogP contribution in [0.3, 0.4) is 0 Å². The summed E-state index contributed by atoms with van der Waals surface area (Å²) in [5.74, 6) is 0.631. The van der Waals surface area contributed by atoms with Crippen LogP contribution in [0, 0.1) is 13.8 Å². The van der Waals surface area contributed by atoms with Crippen LogP contribution in [-0.2, 0) is 4.79 Å². The molecule has 164 valence electrons. The topological polar surface area (TPSA) is 55.6 Å². The molecule has 33 heavy (non-hydrogen) atoms. The molecule has 4 aromatic rings. The molecule has 0 spiro atoms. The molecule has 0 aliphatic carbocycles. The summed E-state index contributed by atoms with van der Waals surface area (Å²) in [5, 5.41) is 5.83. The molecular weight excluding hydrogens is 430 g/mol. The first-order valence-electron chi connectivity index (χ1n) is 10.6. The second-order valence-electron chi connectivity index (χ2n) is 7.84. The van der Waals surface area contributed by atoms with E-state index in [-0.39, 0.29) is 5.91 Å². The molecule has 2 heterocycles. The Bertz CT molecular complexity index is 1430. The number of benzene rings is 3. The molecule has 1 aromatic heterocycles. The number of amidine groups is 1. The van der Waals surface area contributed by atoms with Crippen molar-refractivity contribution in [3.05, 3.63) is 94.7 Å². The van der Waals surface area contributed by atoms with Gasteiger partial charge in [-0.25, -0.2) is 4.99 Å². The van der Waals surface area contributed by atoms with Crippen molar-refractivity contribution in [2.75, 3.05) is 7.11 Å². The van der Waals surface area contributed by atoms with Gasteiger partial charge in [-0.15, -0.1) is 0 Å². The van der Waals surface area contributed by atoms with Gasteiger partial charge in [-0.1, -0.05) is 36.4 Å². The molecule has 0 radical (unpaired) electrons. The van der Waals surface area contributed by atoms with Crippen LogP contribution in [0.25, 0.3) is 22.5 Å². The molecule has 1 fully saturated rings. The number of hydrogen-bond acceptors (Lipinski definition) is 4. The van der Waals surface area contributed by atoms with Crippen LogP contribution in [0.4, 0.5) is 5.69 Å². The zero-order chi connectivity index (χ0) is 22.9. The minimum atomic E-state index is -0.137. The van der Waals surface area contributed by atoms with Crippen LogP contribution in [0.1, 0.15) is 17.0 Å². The summed E-state index contributed by atoms with van der Waals surface area (Å²) in [4.78, 5) is 17.8. The lowest BCUT2D eigenvalue weighted by molar-refractivity contribution is -0.115. The van der Waals surface area contributed by atoms with E-state index in [1.54, 1.807) is 7.11 Å². The van der Waals surface area contributed by atoms with E-state index in [2.05, 4.69) is 77.3 Å². The van der Waals surface area contributed by atoms with Crippen molar-refractivity contribution >= 4 is 45.4 Å². The Morgan fingerprint density at radius 1 is 1.00 bits per heavy atom. The van der Waals surface area contributed by atoms with Crippen molar-refractivity contribution in [1.82, 2.24) is 9.88 Å². The fraction of sp³-hybridized carbons (Fsp3) is 0.111. The third-order valence-corrected chi connectivity index (χ3v) is 6.63. The number of aromatic nitrogens is 1. The maximum Gasteiger partial charge on any atom is 0.264 e. The maximum absolute atomic E-state index is 12.6. The van der Waals surface area contributed by atoms with E-state index in [1.165, 1.54) is 22.5 Å². The van der Waals surface area contributed by atoms with E-state index in [1.807, 2.05) is 30.3 Å². The molecule has 1 aliphatic rings. The highest BCUT2D eigenvalue weighted by molar-refractivity contribution is 8.18. The summed E-state index contributed by atoms with van der Waals surface area (Å²) in [6.45, 7) is 4.18. The molecule has 0 atom stereocenters. The monoisotopic (exact) mass is 453 g/mol. The average Bonchev–Trinajstić information content (AvgIpc) is 3.31. The Morgan fingerprint density at radius 2 is 1.76 bits per heavy atom. The van der Waals surface area contributed by atoms with Crippen molar-refractivity contribution in [2.24, 2.45) is 4.99 Å². The lowest BCUT2D eigenvalue weighted by Crippen LogP contribution is -2.19. The second-order valence-corrected chi connectivity index (χ2v) is 8.87. The number of methoxy groups -OCH3 is 1. The van der Waals surface area contributed by atoms with Crippen LogP contribution in [-0.4, -0.2) is 22.8 Å². The summed E-state index contributed by atoms with van der Waals surface area (Å²) in [6.07, 6.45) is 1.94. The van der Waals surface area contributed by atoms with E-state index in [0.717, 1.165) is 34.1 Å². The standard InChI is InChI=1S/C27H23N3O2S/c1-17-15-20(18(2)30(17)24-10-6-8-19-7-4-5-9-23(19)24)16-25-26(31)29-27(33-25)28-21-11-13-22(32-3)14-12-21/h4-16H,1-3H3,(H,28,29,31). The van der Waals surface area contributed by atoms with Gasteiger partial charge < -0.3 is 14.6 Å². The minimum absolute atomic E-state index is 0.137. The molecule has 0 saturated carbocycles. The lowest BCUT2D eigenvalue weighted by Gasteiger charge is -2.13. The fourth-order valence-corrected chi connectivity index (χ4v) is 4.94. The van der Waals surface area contributed by atoms with Crippen LogP contribution in [0.15, 0.2) is 82.7 Å². The number of fused-ring (bicyclic) bond motifs is 1. The highest BCUT2D eigenvalue weighted by Crippen LogP contribution is 2.32. The Kier molecular flexibility index (Phi) is 5.52. The minimum Gasteiger partial charge on any atom is -0.497 e. The van der Waals surface area contributed by atoms with Gasteiger partial charge in [0.15, 0.2) is 5.17 Å². The summed E-state index contributed by atoms with van der Waals surface area (Å²) < 4.78 is 7.43. The number of thioether (sulfide) groups is 1. The number of hydrogen-bond donors (Lipinski definition) is 1. The largest absolute Gasteiger partial charge is 0.497 e. The molecule has 6 heteroatoms. The molecular formula is C27H23N3O2S. The first-order valence-corrected chi connectivity index (χ1v) is 11.5. The Hall–Kier alpha value is -3.77. The normalized spacial score (nSPS) is 16.0. The van der Waals surface area contributed by atoms with Gasteiger partial charge in [0.05, 0.1) is 23.4 Å². The van der Waals surface area contributed by atoms with E-state index in [4.69, 9.17) is 4.74 Å². The molecule has 5 nitrogen and oxygen atoms in total. The van der Waals surface area contributed by atoms with Gasteiger partial charge in [-0.05, 0) is 79.0 Å². The first kappa shape index (κ1) is 21.1. The van der Waals surface area contributed by atoms with Gasteiger partial charge in [0, 0.05) is 16.8 Å². The molecule has 5 rings (SSSR count). The van der Waals surface area contributed by atoms with E-state index in [0.29, 0.717) is 10.1 Å². The molecule has 1 saturated heterocycles. The molecule has 0 unspecified atom stereocenters.